The van der Waals surface area contributed by atoms with Crippen molar-refractivity contribution in [2.45, 2.75) is 32.6 Å². The molecule has 4 heterocycles. The van der Waals surface area contributed by atoms with Crippen molar-refractivity contribution in [2.75, 3.05) is 20.8 Å². The maximum absolute atomic E-state index is 12.6. The standard InChI is InChI=1S/C30H29ClN6O3S/c1-39-23-9-8-20(12-24(23)40-2)27-28-21-10-11-36(14-19-6-4-3-5-7-19)15-25(21)41-30(28)35-22(29(27)31)13-33-26(38)16-37-18-32-17-34-37/h3-9,12,17-18H,10-11,13-16H2,1-2H3,(H,33,38). The van der Waals surface area contributed by atoms with Crippen LogP contribution < -0.4 is 14.8 Å². The molecule has 0 unspecified atom stereocenters. The van der Waals surface area contributed by atoms with Crippen molar-refractivity contribution in [1.82, 2.24) is 30.0 Å². The highest BCUT2D eigenvalue weighted by atomic mass is 35.5. The summed E-state index contributed by atoms with van der Waals surface area (Å²) < 4.78 is 12.6. The fraction of sp³-hybridized carbons (Fsp3) is 0.267. The van der Waals surface area contributed by atoms with Gasteiger partial charge in [0.2, 0.25) is 5.91 Å². The number of amides is 1. The second-order valence-corrected chi connectivity index (χ2v) is 11.3. The first-order chi connectivity index (χ1) is 20.0. The minimum atomic E-state index is -0.205. The molecule has 210 valence electrons. The Morgan fingerprint density at radius 2 is 1.95 bits per heavy atom. The highest BCUT2D eigenvalue weighted by molar-refractivity contribution is 7.19. The van der Waals surface area contributed by atoms with Gasteiger partial charge in [-0.25, -0.2) is 14.6 Å². The van der Waals surface area contributed by atoms with Crippen LogP contribution in [0.2, 0.25) is 5.02 Å². The monoisotopic (exact) mass is 588 g/mol. The number of pyridine rings is 1. The predicted molar refractivity (Wildman–Crippen MR) is 159 cm³/mol. The maximum Gasteiger partial charge on any atom is 0.242 e. The van der Waals surface area contributed by atoms with E-state index >= 15 is 0 Å². The highest BCUT2D eigenvalue weighted by Crippen LogP contribution is 2.45. The average Bonchev–Trinajstić information content (AvgIpc) is 3.63. The molecule has 0 saturated carbocycles. The average molecular weight is 589 g/mol. The molecule has 1 amide bonds. The number of carbonyl (C=O) groups is 1. The van der Waals surface area contributed by atoms with Gasteiger partial charge < -0.3 is 14.8 Å². The number of halogens is 1. The fourth-order valence-electron chi connectivity index (χ4n) is 5.26. The molecule has 2 aromatic carbocycles. The Bertz CT molecular complexity index is 1690. The van der Waals surface area contributed by atoms with E-state index in [9.17, 15) is 4.79 Å². The Kier molecular flexibility index (Phi) is 7.86. The number of hydrogen-bond acceptors (Lipinski definition) is 8. The molecule has 11 heteroatoms. The van der Waals surface area contributed by atoms with Crippen molar-refractivity contribution in [1.29, 1.82) is 0 Å². The number of nitrogens with zero attached hydrogens (tertiary/aromatic N) is 5. The second kappa shape index (κ2) is 11.9. The zero-order valence-electron chi connectivity index (χ0n) is 22.8. The Balaban J connectivity index is 1.39. The number of hydrogen-bond donors (Lipinski definition) is 1. The van der Waals surface area contributed by atoms with Gasteiger partial charge >= 0.3 is 0 Å². The summed E-state index contributed by atoms with van der Waals surface area (Å²) >= 11 is 8.83. The van der Waals surface area contributed by atoms with Crippen molar-refractivity contribution >= 4 is 39.1 Å². The summed E-state index contributed by atoms with van der Waals surface area (Å²) in [5.41, 5.74) is 4.99. The van der Waals surface area contributed by atoms with Gasteiger partial charge in [-0.1, -0.05) is 48.0 Å². The van der Waals surface area contributed by atoms with Crippen LogP contribution in [0.3, 0.4) is 0 Å². The van der Waals surface area contributed by atoms with Crippen LogP contribution in [-0.4, -0.2) is 51.3 Å². The Labute approximate surface area is 246 Å². The summed E-state index contributed by atoms with van der Waals surface area (Å²) in [6.45, 7) is 2.93. The normalized spacial score (nSPS) is 13.2. The number of aromatic nitrogens is 4. The molecule has 0 spiro atoms. The largest absolute Gasteiger partial charge is 0.493 e. The highest BCUT2D eigenvalue weighted by Gasteiger charge is 2.27. The van der Waals surface area contributed by atoms with E-state index < -0.39 is 0 Å². The molecule has 1 N–H and O–H groups in total. The van der Waals surface area contributed by atoms with E-state index in [0.29, 0.717) is 22.2 Å². The van der Waals surface area contributed by atoms with Crippen LogP contribution in [0.4, 0.5) is 0 Å². The second-order valence-electron chi connectivity index (χ2n) is 9.82. The number of ether oxygens (including phenoxy) is 2. The van der Waals surface area contributed by atoms with Crippen LogP contribution >= 0.6 is 22.9 Å². The Hall–Kier alpha value is -3.99. The molecule has 3 aromatic heterocycles. The first-order valence-electron chi connectivity index (χ1n) is 13.2. The third-order valence-electron chi connectivity index (χ3n) is 7.22. The van der Waals surface area contributed by atoms with Gasteiger partial charge in [-0.15, -0.1) is 11.3 Å². The molecule has 0 saturated heterocycles. The molecular weight excluding hydrogens is 560 g/mol. The minimum absolute atomic E-state index is 0.0624. The molecule has 1 aliphatic rings. The first-order valence-corrected chi connectivity index (χ1v) is 14.4. The van der Waals surface area contributed by atoms with Gasteiger partial charge in [0.1, 0.15) is 24.0 Å². The lowest BCUT2D eigenvalue weighted by molar-refractivity contribution is -0.122. The summed E-state index contributed by atoms with van der Waals surface area (Å²) in [6.07, 6.45) is 3.80. The minimum Gasteiger partial charge on any atom is -0.493 e. The van der Waals surface area contributed by atoms with E-state index in [1.807, 2.05) is 24.3 Å². The molecular formula is C30H29ClN6O3S. The smallest absolute Gasteiger partial charge is 0.242 e. The van der Waals surface area contributed by atoms with E-state index in [1.165, 1.54) is 33.3 Å². The fourth-order valence-corrected chi connectivity index (χ4v) is 6.86. The quantitative estimate of drug-likeness (QED) is 0.256. The number of carbonyl (C=O) groups excluding carboxylic acids is 1. The molecule has 0 radical (unpaired) electrons. The number of methoxy groups -OCH3 is 2. The van der Waals surface area contributed by atoms with Crippen LogP contribution in [0.25, 0.3) is 21.3 Å². The Morgan fingerprint density at radius 3 is 2.71 bits per heavy atom. The zero-order chi connectivity index (χ0) is 28.3. The molecule has 9 nitrogen and oxygen atoms in total. The zero-order valence-corrected chi connectivity index (χ0v) is 24.3. The summed E-state index contributed by atoms with van der Waals surface area (Å²) in [6, 6.07) is 16.4. The number of thiophene rings is 1. The van der Waals surface area contributed by atoms with Gasteiger partial charge in [0.25, 0.3) is 0 Å². The van der Waals surface area contributed by atoms with Gasteiger partial charge in [-0.2, -0.15) is 5.10 Å². The summed E-state index contributed by atoms with van der Waals surface area (Å²) in [7, 11) is 3.24. The van der Waals surface area contributed by atoms with Gasteiger partial charge in [-0.3, -0.25) is 9.69 Å². The Morgan fingerprint density at radius 1 is 1.12 bits per heavy atom. The van der Waals surface area contributed by atoms with Crippen molar-refractivity contribution < 1.29 is 14.3 Å². The van der Waals surface area contributed by atoms with Crippen LogP contribution in [0.5, 0.6) is 11.5 Å². The molecule has 6 rings (SSSR count). The third kappa shape index (κ3) is 5.63. The van der Waals surface area contributed by atoms with Crippen molar-refractivity contribution in [3.05, 3.63) is 87.9 Å². The molecule has 1 aliphatic heterocycles. The van der Waals surface area contributed by atoms with Gasteiger partial charge in [0.05, 0.1) is 31.5 Å². The molecule has 5 aromatic rings. The first kappa shape index (κ1) is 27.2. The van der Waals surface area contributed by atoms with Crippen molar-refractivity contribution in [2.24, 2.45) is 0 Å². The summed E-state index contributed by atoms with van der Waals surface area (Å²) in [5, 5.41) is 8.52. The SMILES string of the molecule is COc1ccc(-c2c(Cl)c(CNC(=O)Cn3cncn3)nc3sc4c(c23)CCN(Cc2ccccc2)C4)cc1OC. The molecule has 0 atom stereocenters. The number of fused-ring (bicyclic) bond motifs is 3. The van der Waals surface area contributed by atoms with E-state index in [-0.39, 0.29) is 19.0 Å². The van der Waals surface area contributed by atoms with Crippen LogP contribution in [0.15, 0.2) is 61.2 Å². The van der Waals surface area contributed by atoms with Gasteiger partial charge in [-0.05, 0) is 35.2 Å². The van der Waals surface area contributed by atoms with E-state index in [1.54, 1.807) is 25.6 Å². The third-order valence-corrected chi connectivity index (χ3v) is 8.74. The summed E-state index contributed by atoms with van der Waals surface area (Å²) in [4.78, 5) is 26.2. The molecule has 0 aliphatic carbocycles. The number of benzene rings is 2. The van der Waals surface area contributed by atoms with Crippen LogP contribution in [-0.2, 0) is 37.4 Å². The van der Waals surface area contributed by atoms with E-state index in [2.05, 4.69) is 44.6 Å². The lowest BCUT2D eigenvalue weighted by Gasteiger charge is -2.27. The molecule has 0 fully saturated rings. The van der Waals surface area contributed by atoms with Gasteiger partial charge in [0.15, 0.2) is 11.5 Å². The maximum atomic E-state index is 12.6. The molecule has 41 heavy (non-hydrogen) atoms. The van der Waals surface area contributed by atoms with Crippen molar-refractivity contribution in [3.63, 3.8) is 0 Å². The van der Waals surface area contributed by atoms with E-state index in [4.69, 9.17) is 26.1 Å². The van der Waals surface area contributed by atoms with Crippen LogP contribution in [0, 0.1) is 0 Å². The lowest BCUT2D eigenvalue weighted by Crippen LogP contribution is -2.29. The topological polar surface area (TPSA) is 94.4 Å². The summed E-state index contributed by atoms with van der Waals surface area (Å²) in [5.74, 6) is 1.05. The van der Waals surface area contributed by atoms with Gasteiger partial charge in [0, 0.05) is 35.5 Å². The predicted octanol–water partition coefficient (Wildman–Crippen LogP) is 5.10. The number of rotatable bonds is 9. The number of nitrogens with one attached hydrogen (secondary N) is 1. The van der Waals surface area contributed by atoms with Crippen LogP contribution in [0.1, 0.15) is 21.7 Å². The van der Waals surface area contributed by atoms with E-state index in [0.717, 1.165) is 47.4 Å². The molecule has 0 bridgehead atoms. The van der Waals surface area contributed by atoms with Crippen molar-refractivity contribution in [3.8, 4) is 22.6 Å². The lowest BCUT2D eigenvalue weighted by atomic mass is 9.95.